The van der Waals surface area contributed by atoms with E-state index in [4.69, 9.17) is 4.42 Å². The van der Waals surface area contributed by atoms with E-state index in [0.717, 1.165) is 12.0 Å². The van der Waals surface area contributed by atoms with Gasteiger partial charge in [-0.2, -0.15) is 0 Å². The third-order valence-electron chi connectivity index (χ3n) is 4.08. The largest absolute Gasteiger partial charge is 0.457 e. The summed E-state index contributed by atoms with van der Waals surface area (Å²) in [6, 6.07) is 9.70. The van der Waals surface area contributed by atoms with Crippen molar-refractivity contribution in [3.8, 4) is 11.3 Å². The summed E-state index contributed by atoms with van der Waals surface area (Å²) in [5.74, 6) is 1.31. The van der Waals surface area contributed by atoms with E-state index in [1.165, 1.54) is 37.5 Å². The maximum absolute atomic E-state index is 12.9. The van der Waals surface area contributed by atoms with Gasteiger partial charge in [0.2, 0.25) is 5.91 Å². The molecular weight excluding hydrogens is 317 g/mol. The minimum absolute atomic E-state index is 0.123. The fourth-order valence-corrected chi connectivity index (χ4v) is 2.55. The first-order valence-corrected chi connectivity index (χ1v) is 8.90. The highest BCUT2D eigenvalue weighted by Crippen LogP contribution is 2.23. The highest BCUT2D eigenvalue weighted by atomic mass is 19.1. The summed E-state index contributed by atoms with van der Waals surface area (Å²) in [4.78, 5) is 11.9. The zero-order valence-electron chi connectivity index (χ0n) is 14.9. The van der Waals surface area contributed by atoms with Crippen molar-refractivity contribution in [1.29, 1.82) is 0 Å². The Morgan fingerprint density at radius 1 is 1.20 bits per heavy atom. The van der Waals surface area contributed by atoms with Crippen molar-refractivity contribution >= 4 is 12.0 Å². The molecule has 0 fully saturated rings. The summed E-state index contributed by atoms with van der Waals surface area (Å²) in [5, 5.41) is 2.92. The van der Waals surface area contributed by atoms with Crippen LogP contribution in [0, 0.1) is 11.7 Å². The van der Waals surface area contributed by atoms with Gasteiger partial charge in [0, 0.05) is 18.2 Å². The van der Waals surface area contributed by atoms with Gasteiger partial charge in [0.25, 0.3) is 0 Å². The second kappa shape index (κ2) is 9.82. The van der Waals surface area contributed by atoms with Gasteiger partial charge in [0.15, 0.2) is 0 Å². The highest BCUT2D eigenvalue weighted by Gasteiger charge is 2.05. The minimum Gasteiger partial charge on any atom is -0.457 e. The van der Waals surface area contributed by atoms with Crippen molar-refractivity contribution in [3.05, 3.63) is 54.1 Å². The molecule has 2 aromatic rings. The van der Waals surface area contributed by atoms with Gasteiger partial charge in [-0.3, -0.25) is 4.79 Å². The van der Waals surface area contributed by atoms with Crippen molar-refractivity contribution in [1.82, 2.24) is 5.32 Å². The normalized spacial score (nSPS) is 12.4. The van der Waals surface area contributed by atoms with Crippen LogP contribution in [0.1, 0.15) is 45.3 Å². The molecule has 1 aromatic carbocycles. The molecule has 0 unspecified atom stereocenters. The quantitative estimate of drug-likeness (QED) is 0.487. The first kappa shape index (κ1) is 19.0. The third kappa shape index (κ3) is 6.57. The standard InChI is InChI=1S/C21H26FNO2/c1-3-4-5-6-16(2)15-23-21(24)14-12-19-11-13-20(25-19)17-7-9-18(22)10-8-17/h7-14,16H,3-6,15H2,1-2H3,(H,23,24)/b14-12-/t16-/m1/s1. The highest BCUT2D eigenvalue weighted by molar-refractivity contribution is 5.91. The van der Waals surface area contributed by atoms with Crippen LogP contribution in [0.15, 0.2) is 46.9 Å². The number of hydrogen-bond donors (Lipinski definition) is 1. The molecule has 1 atom stereocenters. The molecule has 0 aliphatic rings. The Morgan fingerprint density at radius 3 is 2.68 bits per heavy atom. The predicted octanol–water partition coefficient (Wildman–Crippen LogP) is 5.43. The summed E-state index contributed by atoms with van der Waals surface area (Å²) in [6.45, 7) is 5.03. The summed E-state index contributed by atoms with van der Waals surface area (Å²) in [7, 11) is 0. The fraction of sp³-hybridized carbons (Fsp3) is 0.381. The van der Waals surface area contributed by atoms with Crippen LogP contribution in [0.5, 0.6) is 0 Å². The van der Waals surface area contributed by atoms with Gasteiger partial charge in [-0.15, -0.1) is 0 Å². The Balaban J connectivity index is 1.81. The Morgan fingerprint density at radius 2 is 1.96 bits per heavy atom. The van der Waals surface area contributed by atoms with E-state index in [1.807, 2.05) is 0 Å². The molecule has 0 spiro atoms. The van der Waals surface area contributed by atoms with E-state index >= 15 is 0 Å². The van der Waals surface area contributed by atoms with E-state index in [2.05, 4.69) is 19.2 Å². The van der Waals surface area contributed by atoms with Gasteiger partial charge in [-0.25, -0.2) is 4.39 Å². The van der Waals surface area contributed by atoms with Gasteiger partial charge in [-0.1, -0.05) is 33.1 Å². The first-order chi connectivity index (χ1) is 12.1. The predicted molar refractivity (Wildman–Crippen MR) is 99.5 cm³/mol. The fourth-order valence-electron chi connectivity index (χ4n) is 2.55. The third-order valence-corrected chi connectivity index (χ3v) is 4.08. The molecule has 0 aliphatic heterocycles. The number of halogens is 1. The maximum Gasteiger partial charge on any atom is 0.244 e. The molecule has 4 heteroatoms. The molecule has 1 aromatic heterocycles. The lowest BCUT2D eigenvalue weighted by Crippen LogP contribution is -2.26. The summed E-state index contributed by atoms with van der Waals surface area (Å²) >= 11 is 0. The molecular formula is C21H26FNO2. The average Bonchev–Trinajstić information content (AvgIpc) is 3.08. The summed E-state index contributed by atoms with van der Waals surface area (Å²) in [5.41, 5.74) is 0.798. The van der Waals surface area contributed by atoms with Crippen LogP contribution in [0.4, 0.5) is 4.39 Å². The molecule has 1 amide bonds. The monoisotopic (exact) mass is 343 g/mol. The molecule has 0 bridgehead atoms. The lowest BCUT2D eigenvalue weighted by atomic mass is 10.0. The maximum atomic E-state index is 12.9. The van der Waals surface area contributed by atoms with Crippen molar-refractivity contribution in [3.63, 3.8) is 0 Å². The number of rotatable bonds is 9. The van der Waals surface area contributed by atoms with Crippen LogP contribution in [0.25, 0.3) is 17.4 Å². The molecule has 25 heavy (non-hydrogen) atoms. The van der Waals surface area contributed by atoms with E-state index in [-0.39, 0.29) is 11.7 Å². The minimum atomic E-state index is -0.281. The number of nitrogens with one attached hydrogen (secondary N) is 1. The van der Waals surface area contributed by atoms with Gasteiger partial charge < -0.3 is 9.73 Å². The van der Waals surface area contributed by atoms with Gasteiger partial charge in [0.05, 0.1) is 0 Å². The van der Waals surface area contributed by atoms with Crippen molar-refractivity contribution in [2.75, 3.05) is 6.54 Å². The summed E-state index contributed by atoms with van der Waals surface area (Å²) < 4.78 is 18.6. The SMILES string of the molecule is CCCCC[C@@H](C)CNC(=O)/C=C\c1ccc(-c2ccc(F)cc2)o1. The first-order valence-electron chi connectivity index (χ1n) is 8.90. The molecule has 134 valence electrons. The zero-order valence-corrected chi connectivity index (χ0v) is 14.9. The Hall–Kier alpha value is -2.36. The van der Waals surface area contributed by atoms with Crippen LogP contribution < -0.4 is 5.32 Å². The Kier molecular flexibility index (Phi) is 7.45. The van der Waals surface area contributed by atoms with Crippen LogP contribution in [0.2, 0.25) is 0 Å². The van der Waals surface area contributed by atoms with E-state index in [1.54, 1.807) is 30.3 Å². The second-order valence-electron chi connectivity index (χ2n) is 6.39. The molecule has 1 N–H and O–H groups in total. The van der Waals surface area contributed by atoms with Crippen LogP contribution in [-0.2, 0) is 4.79 Å². The van der Waals surface area contributed by atoms with Gasteiger partial charge in [-0.05, 0) is 54.8 Å². The number of amides is 1. The zero-order chi connectivity index (χ0) is 18.1. The molecule has 0 saturated heterocycles. The number of furan rings is 1. The van der Waals surface area contributed by atoms with E-state index in [0.29, 0.717) is 24.0 Å². The van der Waals surface area contributed by atoms with E-state index in [9.17, 15) is 9.18 Å². The lowest BCUT2D eigenvalue weighted by molar-refractivity contribution is -0.116. The number of unbranched alkanes of at least 4 members (excludes halogenated alkanes) is 2. The molecule has 0 saturated carbocycles. The topological polar surface area (TPSA) is 42.2 Å². The molecule has 0 aliphatic carbocycles. The lowest BCUT2D eigenvalue weighted by Gasteiger charge is -2.10. The average molecular weight is 343 g/mol. The second-order valence-corrected chi connectivity index (χ2v) is 6.39. The number of carbonyl (C=O) groups excluding carboxylic acids is 1. The van der Waals surface area contributed by atoms with Crippen LogP contribution in [-0.4, -0.2) is 12.5 Å². The number of carbonyl (C=O) groups is 1. The van der Waals surface area contributed by atoms with Gasteiger partial charge >= 0.3 is 0 Å². The van der Waals surface area contributed by atoms with Crippen molar-refractivity contribution < 1.29 is 13.6 Å². The van der Waals surface area contributed by atoms with Gasteiger partial charge in [0.1, 0.15) is 17.3 Å². The Labute approximate surface area is 148 Å². The molecule has 2 rings (SSSR count). The molecule has 1 heterocycles. The molecule has 0 radical (unpaired) electrons. The molecule has 3 nitrogen and oxygen atoms in total. The smallest absolute Gasteiger partial charge is 0.244 e. The van der Waals surface area contributed by atoms with E-state index < -0.39 is 0 Å². The number of benzene rings is 1. The number of hydrogen-bond acceptors (Lipinski definition) is 2. The summed E-state index contributed by atoms with van der Waals surface area (Å²) in [6.07, 6.45) is 7.92. The van der Waals surface area contributed by atoms with Crippen LogP contribution in [0.3, 0.4) is 0 Å². The van der Waals surface area contributed by atoms with Crippen LogP contribution >= 0.6 is 0 Å². The van der Waals surface area contributed by atoms with Crippen molar-refractivity contribution in [2.24, 2.45) is 5.92 Å². The Bertz CT molecular complexity index is 688. The van der Waals surface area contributed by atoms with Crippen molar-refractivity contribution in [2.45, 2.75) is 39.5 Å².